The number of nitrogens with zero attached hydrogens (tertiary/aromatic N) is 3. The van der Waals surface area contributed by atoms with Crippen LogP contribution in [0.1, 0.15) is 50.4 Å². The van der Waals surface area contributed by atoms with Gasteiger partial charge >= 0.3 is 0 Å². The SMILES string of the molecule is CC(C)(C)[C@@H](NCCCc1ncc[nH]1)c1nc(-c2ccccc2)cn1Cc1ccccc1. The molecule has 0 radical (unpaired) electrons. The van der Waals surface area contributed by atoms with Gasteiger partial charge in [0.05, 0.1) is 11.7 Å². The van der Waals surface area contributed by atoms with Crippen molar-refractivity contribution in [1.82, 2.24) is 24.8 Å². The summed E-state index contributed by atoms with van der Waals surface area (Å²) in [7, 11) is 0. The smallest absolute Gasteiger partial charge is 0.127 e. The number of aromatic nitrogens is 4. The van der Waals surface area contributed by atoms with Gasteiger partial charge in [0.15, 0.2) is 0 Å². The summed E-state index contributed by atoms with van der Waals surface area (Å²) < 4.78 is 2.31. The Hall–Kier alpha value is -3.18. The third kappa shape index (κ3) is 5.54. The number of aromatic amines is 1. The fourth-order valence-corrected chi connectivity index (χ4v) is 4.04. The summed E-state index contributed by atoms with van der Waals surface area (Å²) in [4.78, 5) is 12.7. The second-order valence-electron chi connectivity index (χ2n) is 9.36. The van der Waals surface area contributed by atoms with Gasteiger partial charge < -0.3 is 14.9 Å². The van der Waals surface area contributed by atoms with Gasteiger partial charge in [-0.2, -0.15) is 0 Å². The maximum Gasteiger partial charge on any atom is 0.127 e. The van der Waals surface area contributed by atoms with E-state index in [9.17, 15) is 0 Å². The zero-order valence-corrected chi connectivity index (χ0v) is 19.3. The number of hydrogen-bond acceptors (Lipinski definition) is 3. The molecular weight excluding hydrogens is 394 g/mol. The molecule has 0 aliphatic carbocycles. The normalized spacial score (nSPS) is 12.7. The molecule has 0 saturated heterocycles. The fourth-order valence-electron chi connectivity index (χ4n) is 4.04. The molecule has 32 heavy (non-hydrogen) atoms. The van der Waals surface area contributed by atoms with Crippen molar-refractivity contribution in [3.63, 3.8) is 0 Å². The van der Waals surface area contributed by atoms with Crippen LogP contribution >= 0.6 is 0 Å². The first-order valence-electron chi connectivity index (χ1n) is 11.4. The quantitative estimate of drug-likeness (QED) is 0.340. The molecule has 2 aromatic carbocycles. The standard InChI is InChI=1S/C27H33N5/c1-27(2,3)25(30-16-10-15-24-28-17-18-29-24)26-31-23(22-13-8-5-9-14-22)20-32(26)19-21-11-6-4-7-12-21/h4-9,11-14,17-18,20,25,30H,10,15-16,19H2,1-3H3,(H,28,29)/t25-/m0/s1. The van der Waals surface area contributed by atoms with E-state index in [1.165, 1.54) is 5.56 Å². The first kappa shape index (κ1) is 22.0. The first-order valence-corrected chi connectivity index (χ1v) is 11.4. The van der Waals surface area contributed by atoms with Crippen molar-refractivity contribution in [1.29, 1.82) is 0 Å². The number of hydrogen-bond donors (Lipinski definition) is 2. The molecule has 0 fully saturated rings. The van der Waals surface area contributed by atoms with Gasteiger partial charge in [-0.15, -0.1) is 0 Å². The third-order valence-electron chi connectivity index (χ3n) is 5.69. The Morgan fingerprint density at radius 2 is 1.72 bits per heavy atom. The van der Waals surface area contributed by atoms with Gasteiger partial charge in [0.25, 0.3) is 0 Å². The molecule has 1 atom stereocenters. The number of benzene rings is 2. The van der Waals surface area contributed by atoms with Crippen LogP contribution in [0.3, 0.4) is 0 Å². The zero-order chi connectivity index (χ0) is 22.4. The largest absolute Gasteiger partial charge is 0.349 e. The van der Waals surface area contributed by atoms with Gasteiger partial charge in [0.1, 0.15) is 11.6 Å². The van der Waals surface area contributed by atoms with E-state index in [0.717, 1.165) is 48.8 Å². The molecule has 2 heterocycles. The van der Waals surface area contributed by atoms with E-state index < -0.39 is 0 Å². The van der Waals surface area contributed by atoms with Crippen LogP contribution in [0.5, 0.6) is 0 Å². The number of aryl methyl sites for hydroxylation is 1. The van der Waals surface area contributed by atoms with Crippen molar-refractivity contribution in [3.05, 3.63) is 96.5 Å². The number of H-pyrrole nitrogens is 1. The first-order chi connectivity index (χ1) is 15.5. The lowest BCUT2D eigenvalue weighted by Gasteiger charge is -2.31. The molecule has 0 spiro atoms. The van der Waals surface area contributed by atoms with Gasteiger partial charge in [-0.3, -0.25) is 0 Å². The molecule has 166 valence electrons. The van der Waals surface area contributed by atoms with E-state index in [0.29, 0.717) is 0 Å². The summed E-state index contributed by atoms with van der Waals surface area (Å²) in [5.41, 5.74) is 3.45. The van der Waals surface area contributed by atoms with E-state index in [1.54, 1.807) is 0 Å². The average molecular weight is 428 g/mol. The lowest BCUT2D eigenvalue weighted by molar-refractivity contribution is 0.256. The van der Waals surface area contributed by atoms with Crippen LogP contribution < -0.4 is 5.32 Å². The molecule has 0 unspecified atom stereocenters. The van der Waals surface area contributed by atoms with Crippen LogP contribution in [0.25, 0.3) is 11.3 Å². The van der Waals surface area contributed by atoms with Gasteiger partial charge in [0.2, 0.25) is 0 Å². The van der Waals surface area contributed by atoms with E-state index in [2.05, 4.69) is 101 Å². The van der Waals surface area contributed by atoms with E-state index in [4.69, 9.17) is 4.98 Å². The van der Waals surface area contributed by atoms with Crippen LogP contribution in [0, 0.1) is 5.41 Å². The molecular formula is C27H33N5. The fraction of sp³-hybridized carbons (Fsp3) is 0.333. The molecule has 0 amide bonds. The summed E-state index contributed by atoms with van der Waals surface area (Å²) in [5, 5.41) is 3.80. The molecule has 0 aliphatic rings. The zero-order valence-electron chi connectivity index (χ0n) is 19.3. The van der Waals surface area contributed by atoms with Crippen LogP contribution in [-0.4, -0.2) is 26.1 Å². The van der Waals surface area contributed by atoms with Crippen LogP contribution in [0.15, 0.2) is 79.3 Å². The Balaban J connectivity index is 1.61. The van der Waals surface area contributed by atoms with Gasteiger partial charge in [-0.25, -0.2) is 9.97 Å². The third-order valence-corrected chi connectivity index (χ3v) is 5.69. The lowest BCUT2D eigenvalue weighted by Crippen LogP contribution is -2.35. The second-order valence-corrected chi connectivity index (χ2v) is 9.36. The highest BCUT2D eigenvalue weighted by molar-refractivity contribution is 5.58. The summed E-state index contributed by atoms with van der Waals surface area (Å²) in [6.45, 7) is 8.54. The topological polar surface area (TPSA) is 58.5 Å². The number of rotatable bonds is 9. The Labute approximate surface area is 191 Å². The highest BCUT2D eigenvalue weighted by Crippen LogP contribution is 2.34. The minimum Gasteiger partial charge on any atom is -0.349 e. The Bertz CT molecular complexity index is 1080. The summed E-state index contributed by atoms with van der Waals surface area (Å²) >= 11 is 0. The van der Waals surface area contributed by atoms with E-state index in [1.807, 2.05) is 18.5 Å². The number of imidazole rings is 2. The summed E-state index contributed by atoms with van der Waals surface area (Å²) in [6.07, 6.45) is 7.84. The second kappa shape index (κ2) is 9.96. The monoisotopic (exact) mass is 427 g/mol. The van der Waals surface area contributed by atoms with Crippen molar-refractivity contribution in [2.24, 2.45) is 5.41 Å². The maximum atomic E-state index is 5.15. The highest BCUT2D eigenvalue weighted by Gasteiger charge is 2.30. The van der Waals surface area contributed by atoms with Crippen molar-refractivity contribution >= 4 is 0 Å². The maximum absolute atomic E-state index is 5.15. The molecule has 0 saturated carbocycles. The van der Waals surface area contributed by atoms with Crippen LogP contribution in [0.2, 0.25) is 0 Å². The summed E-state index contributed by atoms with van der Waals surface area (Å²) in [6, 6.07) is 21.2. The van der Waals surface area contributed by atoms with Crippen molar-refractivity contribution < 1.29 is 0 Å². The van der Waals surface area contributed by atoms with E-state index >= 15 is 0 Å². The van der Waals surface area contributed by atoms with Crippen LogP contribution in [-0.2, 0) is 13.0 Å². The van der Waals surface area contributed by atoms with Crippen molar-refractivity contribution in [2.75, 3.05) is 6.54 Å². The lowest BCUT2D eigenvalue weighted by atomic mass is 9.86. The Morgan fingerprint density at radius 1 is 1.00 bits per heavy atom. The molecule has 0 aliphatic heterocycles. The van der Waals surface area contributed by atoms with Crippen LogP contribution in [0.4, 0.5) is 0 Å². The van der Waals surface area contributed by atoms with Gasteiger partial charge in [-0.05, 0) is 23.9 Å². The predicted octanol–water partition coefficient (Wildman–Crippen LogP) is 5.63. The molecule has 2 N–H and O–H groups in total. The Morgan fingerprint density at radius 3 is 2.38 bits per heavy atom. The molecule has 4 aromatic rings. The van der Waals surface area contributed by atoms with E-state index in [-0.39, 0.29) is 11.5 Å². The molecule has 2 aromatic heterocycles. The number of nitrogens with one attached hydrogen (secondary N) is 2. The minimum atomic E-state index is 0.0123. The average Bonchev–Trinajstić information content (AvgIpc) is 3.45. The summed E-state index contributed by atoms with van der Waals surface area (Å²) in [5.74, 6) is 2.12. The van der Waals surface area contributed by atoms with Crippen molar-refractivity contribution in [2.45, 2.75) is 46.2 Å². The van der Waals surface area contributed by atoms with Gasteiger partial charge in [-0.1, -0.05) is 81.4 Å². The minimum absolute atomic E-state index is 0.0123. The molecule has 5 nitrogen and oxygen atoms in total. The van der Waals surface area contributed by atoms with Gasteiger partial charge in [0, 0.05) is 37.1 Å². The molecule has 4 rings (SSSR count). The molecule has 5 heteroatoms. The molecule has 0 bridgehead atoms. The highest BCUT2D eigenvalue weighted by atomic mass is 15.1. The predicted molar refractivity (Wildman–Crippen MR) is 130 cm³/mol. The Kier molecular flexibility index (Phi) is 6.86. The van der Waals surface area contributed by atoms with Crippen molar-refractivity contribution in [3.8, 4) is 11.3 Å².